The first kappa shape index (κ1) is 27.1. The Balaban J connectivity index is 1.93. The Morgan fingerprint density at radius 2 is 1.09 bits per heavy atom. The molecule has 32 heavy (non-hydrogen) atoms. The number of hydrogen-bond donors (Lipinski definition) is 0. The van der Waals surface area contributed by atoms with Gasteiger partial charge in [0.25, 0.3) is 0 Å². The van der Waals surface area contributed by atoms with Gasteiger partial charge in [-0.05, 0) is 75.0 Å². The maximum Gasteiger partial charge on any atom is 0.320 e. The van der Waals surface area contributed by atoms with E-state index in [2.05, 4.69) is 41.5 Å². The molecule has 2 saturated carbocycles. The van der Waals surface area contributed by atoms with Crippen LogP contribution in [0.15, 0.2) is 0 Å². The summed E-state index contributed by atoms with van der Waals surface area (Å²) in [6.07, 6.45) is 6.51. The van der Waals surface area contributed by atoms with Crippen LogP contribution < -0.4 is 0 Å². The van der Waals surface area contributed by atoms with Gasteiger partial charge in [0.05, 0.1) is 13.1 Å². The van der Waals surface area contributed by atoms with Crippen LogP contribution in [0, 0.1) is 35.5 Å². The first-order chi connectivity index (χ1) is 15.0. The quantitative estimate of drug-likeness (QED) is 0.421. The van der Waals surface area contributed by atoms with Crippen LogP contribution in [-0.2, 0) is 19.1 Å². The summed E-state index contributed by atoms with van der Waals surface area (Å²) in [5, 5.41) is 0. The summed E-state index contributed by atoms with van der Waals surface area (Å²) in [6.45, 7) is 17.6. The summed E-state index contributed by atoms with van der Waals surface area (Å²) in [6, 6.07) is 0.0625. The van der Waals surface area contributed by atoms with Crippen LogP contribution in [0.2, 0.25) is 0 Å². The molecule has 2 aliphatic carbocycles. The lowest BCUT2D eigenvalue weighted by molar-refractivity contribution is -0.161. The van der Waals surface area contributed by atoms with Crippen LogP contribution in [0.25, 0.3) is 0 Å². The van der Waals surface area contributed by atoms with Gasteiger partial charge in [0.1, 0.15) is 12.2 Å². The Kier molecular flexibility index (Phi) is 10.5. The van der Waals surface area contributed by atoms with Gasteiger partial charge in [-0.2, -0.15) is 0 Å². The Hall–Kier alpha value is -1.10. The van der Waals surface area contributed by atoms with Crippen LogP contribution in [0.3, 0.4) is 0 Å². The van der Waals surface area contributed by atoms with E-state index in [1.807, 2.05) is 18.7 Å². The van der Waals surface area contributed by atoms with Crippen LogP contribution >= 0.6 is 0 Å². The van der Waals surface area contributed by atoms with Crippen molar-refractivity contribution >= 4 is 11.9 Å². The molecule has 0 aromatic rings. The summed E-state index contributed by atoms with van der Waals surface area (Å²) in [5.74, 6) is 2.59. The molecule has 0 saturated heterocycles. The lowest BCUT2D eigenvalue weighted by Crippen LogP contribution is -2.44. The molecule has 0 amide bonds. The SMILES string of the molecule is CC(C)C1CC[C@@H](C)C[C@H]1OC(=O)CN(CC(=O)O[C@@H]1C[C@H](C)CC[C@H]1C(C)C)C(C)C. The zero-order chi connectivity index (χ0) is 24.0. The average Bonchev–Trinajstić information content (AvgIpc) is 2.66. The number of carbonyl (C=O) groups is 2. The zero-order valence-electron chi connectivity index (χ0n) is 21.9. The highest BCUT2D eigenvalue weighted by molar-refractivity contribution is 5.75. The molecule has 0 spiro atoms. The van der Waals surface area contributed by atoms with Gasteiger partial charge in [-0.3, -0.25) is 14.5 Å². The van der Waals surface area contributed by atoms with Crippen molar-refractivity contribution in [3.05, 3.63) is 0 Å². The second kappa shape index (κ2) is 12.4. The molecule has 0 aromatic heterocycles. The topological polar surface area (TPSA) is 55.8 Å². The van der Waals surface area contributed by atoms with E-state index in [-0.39, 0.29) is 43.3 Å². The number of carbonyl (C=O) groups excluding carboxylic acids is 2. The van der Waals surface area contributed by atoms with E-state index in [1.165, 1.54) is 12.8 Å². The van der Waals surface area contributed by atoms with Crippen molar-refractivity contribution in [1.82, 2.24) is 4.90 Å². The number of hydrogen-bond acceptors (Lipinski definition) is 5. The Bertz CT molecular complexity index is 554. The highest BCUT2D eigenvalue weighted by Gasteiger charge is 2.35. The molecule has 0 bridgehead atoms. The fourth-order valence-electron chi connectivity index (χ4n) is 5.67. The number of ether oxygens (including phenoxy) is 2. The highest BCUT2D eigenvalue weighted by atomic mass is 16.6. The first-order valence-electron chi connectivity index (χ1n) is 13.1. The van der Waals surface area contributed by atoms with Crippen molar-refractivity contribution in [3.63, 3.8) is 0 Å². The molecule has 0 heterocycles. The van der Waals surface area contributed by atoms with E-state index < -0.39 is 0 Å². The van der Waals surface area contributed by atoms with E-state index in [1.54, 1.807) is 0 Å². The van der Waals surface area contributed by atoms with Crippen LogP contribution in [-0.4, -0.2) is 48.2 Å². The molecule has 5 heteroatoms. The third-order valence-corrected chi connectivity index (χ3v) is 7.88. The minimum Gasteiger partial charge on any atom is -0.461 e. The maximum absolute atomic E-state index is 12.8. The largest absolute Gasteiger partial charge is 0.461 e. The molecule has 6 atom stereocenters. The second-order valence-corrected chi connectivity index (χ2v) is 11.7. The fraction of sp³-hybridized carbons (Fsp3) is 0.926. The average molecular weight is 452 g/mol. The molecule has 2 rings (SSSR count). The maximum atomic E-state index is 12.8. The molecule has 5 nitrogen and oxygen atoms in total. The lowest BCUT2D eigenvalue weighted by Gasteiger charge is -2.38. The van der Waals surface area contributed by atoms with E-state index in [0.717, 1.165) is 25.7 Å². The van der Waals surface area contributed by atoms with E-state index in [4.69, 9.17) is 9.47 Å². The van der Waals surface area contributed by atoms with Crippen LogP contribution in [0.5, 0.6) is 0 Å². The number of rotatable bonds is 9. The molecule has 2 aliphatic rings. The summed E-state index contributed by atoms with van der Waals surface area (Å²) in [7, 11) is 0. The van der Waals surface area contributed by atoms with Gasteiger partial charge < -0.3 is 9.47 Å². The zero-order valence-corrected chi connectivity index (χ0v) is 21.9. The summed E-state index contributed by atoms with van der Waals surface area (Å²) in [4.78, 5) is 27.6. The third-order valence-electron chi connectivity index (χ3n) is 7.88. The van der Waals surface area contributed by atoms with Gasteiger partial charge in [-0.15, -0.1) is 0 Å². The van der Waals surface area contributed by atoms with Crippen LogP contribution in [0.4, 0.5) is 0 Å². The Labute approximate surface area is 197 Å². The molecule has 0 aromatic carbocycles. The summed E-state index contributed by atoms with van der Waals surface area (Å²) < 4.78 is 12.0. The van der Waals surface area contributed by atoms with Gasteiger partial charge in [0.15, 0.2) is 0 Å². The Morgan fingerprint density at radius 3 is 1.41 bits per heavy atom. The van der Waals surface area contributed by atoms with Crippen molar-refractivity contribution in [2.75, 3.05) is 13.1 Å². The third kappa shape index (κ3) is 8.04. The van der Waals surface area contributed by atoms with E-state index >= 15 is 0 Å². The smallest absolute Gasteiger partial charge is 0.320 e. The van der Waals surface area contributed by atoms with Gasteiger partial charge in [0.2, 0.25) is 0 Å². The van der Waals surface area contributed by atoms with Crippen molar-refractivity contribution in [2.24, 2.45) is 35.5 Å². The van der Waals surface area contributed by atoms with E-state index in [9.17, 15) is 9.59 Å². The predicted octanol–water partition coefficient (Wildman–Crippen LogP) is 5.70. The predicted molar refractivity (Wildman–Crippen MR) is 129 cm³/mol. The summed E-state index contributed by atoms with van der Waals surface area (Å²) >= 11 is 0. The highest BCUT2D eigenvalue weighted by Crippen LogP contribution is 2.36. The van der Waals surface area contributed by atoms with Gasteiger partial charge in [-0.25, -0.2) is 0 Å². The lowest BCUT2D eigenvalue weighted by atomic mass is 9.75. The monoisotopic (exact) mass is 451 g/mol. The first-order valence-corrected chi connectivity index (χ1v) is 13.1. The van der Waals surface area contributed by atoms with Crippen molar-refractivity contribution in [3.8, 4) is 0 Å². The van der Waals surface area contributed by atoms with Crippen molar-refractivity contribution in [1.29, 1.82) is 0 Å². The van der Waals surface area contributed by atoms with Gasteiger partial charge in [0, 0.05) is 6.04 Å². The number of nitrogens with zero attached hydrogens (tertiary/aromatic N) is 1. The van der Waals surface area contributed by atoms with Crippen molar-refractivity contribution in [2.45, 2.75) is 112 Å². The molecule has 186 valence electrons. The van der Waals surface area contributed by atoms with E-state index in [0.29, 0.717) is 35.5 Å². The molecule has 0 radical (unpaired) electrons. The number of esters is 2. The summed E-state index contributed by atoms with van der Waals surface area (Å²) in [5.41, 5.74) is 0. The molecule has 0 N–H and O–H groups in total. The molecule has 2 fully saturated rings. The second-order valence-electron chi connectivity index (χ2n) is 11.7. The molecular formula is C27H49NO4. The van der Waals surface area contributed by atoms with Gasteiger partial charge in [-0.1, -0.05) is 54.4 Å². The minimum atomic E-state index is -0.220. The minimum absolute atomic E-state index is 0.0114. The molecule has 1 unspecified atom stereocenters. The van der Waals surface area contributed by atoms with Crippen molar-refractivity contribution < 1.29 is 19.1 Å². The molecular weight excluding hydrogens is 402 g/mol. The Morgan fingerprint density at radius 1 is 0.719 bits per heavy atom. The normalized spacial score (nSPS) is 31.4. The molecule has 0 aliphatic heterocycles. The fourth-order valence-corrected chi connectivity index (χ4v) is 5.67. The van der Waals surface area contributed by atoms with Crippen LogP contribution in [0.1, 0.15) is 93.9 Å². The standard InChI is InChI=1S/C27H49NO4/c1-17(2)22-11-9-20(7)13-24(22)31-26(29)15-28(19(5)6)16-27(30)32-25-14-21(8)10-12-23(25)18(3)4/h17-25H,9-16H2,1-8H3/t20-,21-,22+,23?,24-,25-/m1/s1. The van der Waals surface area contributed by atoms with Gasteiger partial charge >= 0.3 is 11.9 Å².